The maximum atomic E-state index is 11.2. The minimum absolute atomic E-state index is 0.146. The molecular weight excluding hydrogens is 192 g/mol. The fourth-order valence-corrected chi connectivity index (χ4v) is 1.24. The smallest absolute Gasteiger partial charge is 0.308 e. The average Bonchev–Trinajstić information content (AvgIpc) is 2.24. The molecule has 1 unspecified atom stereocenters. The van der Waals surface area contributed by atoms with Gasteiger partial charge in [-0.25, -0.2) is 0 Å². The molecule has 0 aliphatic heterocycles. The van der Waals surface area contributed by atoms with Gasteiger partial charge in [0.15, 0.2) is 0 Å². The summed E-state index contributed by atoms with van der Waals surface area (Å²) in [5, 5.41) is 0. The Morgan fingerprint density at radius 2 is 2.07 bits per heavy atom. The standard InChI is InChI=1S/C12H24O3/c1-4-6-7-11(3)10-15-12(13)8-9-14-5-2/h11H,4-10H2,1-3H3. The highest BCUT2D eigenvalue weighted by Gasteiger charge is 2.06. The highest BCUT2D eigenvalue weighted by molar-refractivity contribution is 5.69. The zero-order valence-corrected chi connectivity index (χ0v) is 10.3. The second-order valence-corrected chi connectivity index (χ2v) is 3.88. The molecule has 0 aromatic carbocycles. The maximum Gasteiger partial charge on any atom is 0.308 e. The molecule has 90 valence electrons. The van der Waals surface area contributed by atoms with Crippen molar-refractivity contribution in [2.75, 3.05) is 19.8 Å². The minimum Gasteiger partial charge on any atom is -0.465 e. The molecule has 0 rings (SSSR count). The monoisotopic (exact) mass is 216 g/mol. The summed E-state index contributed by atoms with van der Waals surface area (Å²) in [5.41, 5.74) is 0. The van der Waals surface area contributed by atoms with Crippen molar-refractivity contribution >= 4 is 5.97 Å². The summed E-state index contributed by atoms with van der Waals surface area (Å²) >= 11 is 0. The van der Waals surface area contributed by atoms with Gasteiger partial charge in [0.1, 0.15) is 0 Å². The van der Waals surface area contributed by atoms with Crippen molar-refractivity contribution in [3.63, 3.8) is 0 Å². The Hall–Kier alpha value is -0.570. The number of hydrogen-bond acceptors (Lipinski definition) is 3. The van der Waals surface area contributed by atoms with E-state index in [0.29, 0.717) is 32.2 Å². The Morgan fingerprint density at radius 3 is 2.67 bits per heavy atom. The van der Waals surface area contributed by atoms with Crippen LogP contribution in [-0.2, 0) is 14.3 Å². The zero-order valence-electron chi connectivity index (χ0n) is 10.3. The van der Waals surface area contributed by atoms with Crippen LogP contribution >= 0.6 is 0 Å². The molecular formula is C12H24O3. The predicted molar refractivity (Wildman–Crippen MR) is 60.8 cm³/mol. The summed E-state index contributed by atoms with van der Waals surface area (Å²) in [5.74, 6) is 0.327. The van der Waals surface area contributed by atoms with Crippen molar-refractivity contribution in [3.05, 3.63) is 0 Å². The number of unbranched alkanes of at least 4 members (excludes halogenated alkanes) is 1. The lowest BCUT2D eigenvalue weighted by Crippen LogP contribution is -2.13. The molecule has 0 fully saturated rings. The lowest BCUT2D eigenvalue weighted by molar-refractivity contribution is -0.146. The van der Waals surface area contributed by atoms with E-state index in [4.69, 9.17) is 9.47 Å². The van der Waals surface area contributed by atoms with Gasteiger partial charge in [-0.15, -0.1) is 0 Å². The van der Waals surface area contributed by atoms with Gasteiger partial charge in [0.25, 0.3) is 0 Å². The summed E-state index contributed by atoms with van der Waals surface area (Å²) in [7, 11) is 0. The second-order valence-electron chi connectivity index (χ2n) is 3.88. The second kappa shape index (κ2) is 9.97. The molecule has 0 spiro atoms. The van der Waals surface area contributed by atoms with E-state index in [1.165, 1.54) is 12.8 Å². The summed E-state index contributed by atoms with van der Waals surface area (Å²) in [6.45, 7) is 7.87. The van der Waals surface area contributed by atoms with Crippen molar-refractivity contribution in [1.82, 2.24) is 0 Å². The van der Waals surface area contributed by atoms with Crippen LogP contribution in [0.5, 0.6) is 0 Å². The van der Waals surface area contributed by atoms with Crippen molar-refractivity contribution in [3.8, 4) is 0 Å². The van der Waals surface area contributed by atoms with E-state index in [-0.39, 0.29) is 5.97 Å². The summed E-state index contributed by atoms with van der Waals surface area (Å²) < 4.78 is 10.2. The van der Waals surface area contributed by atoms with Gasteiger partial charge in [0.05, 0.1) is 19.6 Å². The Labute approximate surface area is 93.1 Å². The molecule has 0 N–H and O–H groups in total. The molecule has 0 bridgehead atoms. The lowest BCUT2D eigenvalue weighted by Gasteiger charge is -2.11. The molecule has 1 atom stereocenters. The summed E-state index contributed by atoms with van der Waals surface area (Å²) in [6, 6.07) is 0. The predicted octanol–water partition coefficient (Wildman–Crippen LogP) is 2.78. The van der Waals surface area contributed by atoms with Crippen LogP contribution < -0.4 is 0 Å². The van der Waals surface area contributed by atoms with E-state index in [1.807, 2.05) is 6.92 Å². The van der Waals surface area contributed by atoms with Crippen LogP contribution in [-0.4, -0.2) is 25.8 Å². The average molecular weight is 216 g/mol. The molecule has 0 saturated carbocycles. The first-order valence-corrected chi connectivity index (χ1v) is 5.94. The third-order valence-electron chi connectivity index (χ3n) is 2.23. The molecule has 15 heavy (non-hydrogen) atoms. The molecule has 0 aromatic heterocycles. The number of rotatable bonds is 9. The van der Waals surface area contributed by atoms with Crippen LogP contribution in [0.3, 0.4) is 0 Å². The number of carbonyl (C=O) groups excluding carboxylic acids is 1. The summed E-state index contributed by atoms with van der Waals surface area (Å²) in [4.78, 5) is 11.2. The van der Waals surface area contributed by atoms with Crippen molar-refractivity contribution in [2.45, 2.75) is 46.5 Å². The van der Waals surface area contributed by atoms with Crippen molar-refractivity contribution in [2.24, 2.45) is 5.92 Å². The molecule has 0 saturated heterocycles. The molecule has 0 aliphatic rings. The maximum absolute atomic E-state index is 11.2. The molecule has 0 aromatic rings. The van der Waals surface area contributed by atoms with Gasteiger partial charge in [-0.05, 0) is 19.3 Å². The fourth-order valence-electron chi connectivity index (χ4n) is 1.24. The number of esters is 1. The Kier molecular flexibility index (Phi) is 9.59. The lowest BCUT2D eigenvalue weighted by atomic mass is 10.1. The highest BCUT2D eigenvalue weighted by atomic mass is 16.5. The highest BCUT2D eigenvalue weighted by Crippen LogP contribution is 2.08. The van der Waals surface area contributed by atoms with Gasteiger partial charge in [0.2, 0.25) is 0 Å². The van der Waals surface area contributed by atoms with Crippen molar-refractivity contribution in [1.29, 1.82) is 0 Å². The molecule has 0 amide bonds. The van der Waals surface area contributed by atoms with Gasteiger partial charge < -0.3 is 9.47 Å². The Bertz CT molecular complexity index is 157. The first-order valence-electron chi connectivity index (χ1n) is 5.94. The first kappa shape index (κ1) is 14.4. The molecule has 3 heteroatoms. The Balaban J connectivity index is 3.36. The third-order valence-corrected chi connectivity index (χ3v) is 2.23. The third kappa shape index (κ3) is 9.73. The normalized spacial score (nSPS) is 12.5. The molecule has 0 radical (unpaired) electrons. The molecule has 3 nitrogen and oxygen atoms in total. The van der Waals surface area contributed by atoms with E-state index >= 15 is 0 Å². The minimum atomic E-state index is -0.146. The largest absolute Gasteiger partial charge is 0.465 e. The van der Waals surface area contributed by atoms with Crippen LogP contribution in [0.4, 0.5) is 0 Å². The van der Waals surface area contributed by atoms with Gasteiger partial charge in [-0.1, -0.05) is 26.7 Å². The summed E-state index contributed by atoms with van der Waals surface area (Å²) in [6.07, 6.45) is 3.91. The van der Waals surface area contributed by atoms with Crippen LogP contribution in [0.25, 0.3) is 0 Å². The number of ether oxygens (including phenoxy) is 2. The van der Waals surface area contributed by atoms with E-state index < -0.39 is 0 Å². The SMILES string of the molecule is CCCCC(C)COC(=O)CCOCC. The Morgan fingerprint density at radius 1 is 1.33 bits per heavy atom. The van der Waals surface area contributed by atoms with E-state index in [0.717, 1.165) is 6.42 Å². The van der Waals surface area contributed by atoms with Gasteiger partial charge >= 0.3 is 5.97 Å². The topological polar surface area (TPSA) is 35.5 Å². The van der Waals surface area contributed by atoms with E-state index in [2.05, 4.69) is 13.8 Å². The molecule has 0 aliphatic carbocycles. The number of hydrogen-bond donors (Lipinski definition) is 0. The van der Waals surface area contributed by atoms with Gasteiger partial charge in [0, 0.05) is 6.61 Å². The van der Waals surface area contributed by atoms with Crippen LogP contribution in [0.15, 0.2) is 0 Å². The van der Waals surface area contributed by atoms with Crippen LogP contribution in [0.2, 0.25) is 0 Å². The van der Waals surface area contributed by atoms with Crippen LogP contribution in [0.1, 0.15) is 46.5 Å². The number of carbonyl (C=O) groups is 1. The van der Waals surface area contributed by atoms with Gasteiger partial charge in [-0.3, -0.25) is 4.79 Å². The van der Waals surface area contributed by atoms with Crippen LogP contribution in [0, 0.1) is 5.92 Å². The van der Waals surface area contributed by atoms with Gasteiger partial charge in [-0.2, -0.15) is 0 Å². The van der Waals surface area contributed by atoms with E-state index in [1.54, 1.807) is 0 Å². The quantitative estimate of drug-likeness (QED) is 0.439. The zero-order chi connectivity index (χ0) is 11.5. The molecule has 0 heterocycles. The fraction of sp³-hybridized carbons (Fsp3) is 0.917. The van der Waals surface area contributed by atoms with Crippen molar-refractivity contribution < 1.29 is 14.3 Å². The van der Waals surface area contributed by atoms with E-state index in [9.17, 15) is 4.79 Å². The first-order chi connectivity index (χ1) is 7.20.